The van der Waals surface area contributed by atoms with E-state index in [9.17, 15) is 0 Å². The highest BCUT2D eigenvalue weighted by Gasteiger charge is 2.21. The molecule has 0 bridgehead atoms. The lowest BCUT2D eigenvalue weighted by molar-refractivity contribution is 0.468. The van der Waals surface area contributed by atoms with Gasteiger partial charge in [-0.15, -0.1) is 0 Å². The smallest absolute Gasteiger partial charge is 0.0325 e. The number of fused-ring (bicyclic) bond motifs is 1. The van der Waals surface area contributed by atoms with Crippen LogP contribution in [0.4, 0.5) is 0 Å². The van der Waals surface area contributed by atoms with Crippen LogP contribution < -0.4 is 5.32 Å². The summed E-state index contributed by atoms with van der Waals surface area (Å²) in [4.78, 5) is 0. The Morgan fingerprint density at radius 1 is 1.27 bits per heavy atom. The van der Waals surface area contributed by atoms with Gasteiger partial charge in [-0.3, -0.25) is 0 Å². The molecule has 1 N–H and O–H groups in total. The van der Waals surface area contributed by atoms with Gasteiger partial charge in [0, 0.05) is 6.04 Å². The van der Waals surface area contributed by atoms with E-state index in [-0.39, 0.29) is 0 Å². The minimum absolute atomic E-state index is 0.596. The topological polar surface area (TPSA) is 12.0 Å². The van der Waals surface area contributed by atoms with Gasteiger partial charge in [-0.1, -0.05) is 19.1 Å². The second kappa shape index (κ2) is 4.36. The Morgan fingerprint density at radius 3 is 2.73 bits per heavy atom. The first-order chi connectivity index (χ1) is 7.24. The number of rotatable bonds is 2. The van der Waals surface area contributed by atoms with Crippen LogP contribution in [0.3, 0.4) is 0 Å². The molecule has 1 heteroatoms. The third-order valence-electron chi connectivity index (χ3n) is 3.53. The summed E-state index contributed by atoms with van der Waals surface area (Å²) in [6, 6.07) is 5.13. The fourth-order valence-corrected chi connectivity index (χ4v) is 2.79. The fraction of sp³-hybridized carbons (Fsp3) is 0.571. The Balaban J connectivity index is 2.45. The van der Waals surface area contributed by atoms with Crippen molar-refractivity contribution in [1.29, 1.82) is 0 Å². The van der Waals surface area contributed by atoms with Crippen LogP contribution >= 0.6 is 0 Å². The number of benzene rings is 1. The van der Waals surface area contributed by atoms with Gasteiger partial charge < -0.3 is 5.32 Å². The van der Waals surface area contributed by atoms with Crippen molar-refractivity contribution >= 4 is 0 Å². The molecule has 0 heterocycles. The molecule has 1 aliphatic rings. The predicted molar refractivity (Wildman–Crippen MR) is 65.3 cm³/mol. The Kier molecular flexibility index (Phi) is 3.11. The summed E-state index contributed by atoms with van der Waals surface area (Å²) in [6.45, 7) is 7.75. The zero-order chi connectivity index (χ0) is 10.8. The van der Waals surface area contributed by atoms with Gasteiger partial charge in [-0.2, -0.15) is 0 Å². The van der Waals surface area contributed by atoms with Crippen molar-refractivity contribution in [3.63, 3.8) is 0 Å². The van der Waals surface area contributed by atoms with Gasteiger partial charge in [0.1, 0.15) is 0 Å². The summed E-state index contributed by atoms with van der Waals surface area (Å²) in [5.74, 6) is 0. The van der Waals surface area contributed by atoms with Gasteiger partial charge in [0.05, 0.1) is 0 Å². The molecule has 0 radical (unpaired) electrons. The maximum absolute atomic E-state index is 3.61. The van der Waals surface area contributed by atoms with Crippen LogP contribution in [0.2, 0.25) is 0 Å². The molecule has 0 aliphatic heterocycles. The van der Waals surface area contributed by atoms with Gasteiger partial charge in [0.15, 0.2) is 0 Å². The monoisotopic (exact) mass is 203 g/mol. The summed E-state index contributed by atoms with van der Waals surface area (Å²) in [5.41, 5.74) is 6.12. The zero-order valence-corrected chi connectivity index (χ0v) is 10.1. The third kappa shape index (κ3) is 1.93. The molecule has 1 nitrogen and oxygen atoms in total. The summed E-state index contributed by atoms with van der Waals surface area (Å²) in [6.07, 6.45) is 3.89. The number of hydrogen-bond donors (Lipinski definition) is 1. The molecule has 1 aromatic carbocycles. The second-order valence-electron chi connectivity index (χ2n) is 4.59. The van der Waals surface area contributed by atoms with Crippen LogP contribution in [0.15, 0.2) is 12.1 Å². The molecule has 0 amide bonds. The van der Waals surface area contributed by atoms with Crippen LogP contribution in [0.25, 0.3) is 0 Å². The summed E-state index contributed by atoms with van der Waals surface area (Å²) < 4.78 is 0. The fourth-order valence-electron chi connectivity index (χ4n) is 2.79. The second-order valence-corrected chi connectivity index (χ2v) is 4.59. The van der Waals surface area contributed by atoms with E-state index in [2.05, 4.69) is 38.2 Å². The van der Waals surface area contributed by atoms with Crippen LogP contribution in [0.1, 0.15) is 48.1 Å². The lowest BCUT2D eigenvalue weighted by Gasteiger charge is -2.29. The van der Waals surface area contributed by atoms with Gasteiger partial charge in [0.2, 0.25) is 0 Å². The van der Waals surface area contributed by atoms with E-state index in [1.165, 1.54) is 30.4 Å². The van der Waals surface area contributed by atoms with Crippen molar-refractivity contribution in [3.8, 4) is 0 Å². The van der Waals surface area contributed by atoms with Gasteiger partial charge in [0.25, 0.3) is 0 Å². The summed E-state index contributed by atoms with van der Waals surface area (Å²) >= 11 is 0. The molecule has 1 atom stereocenters. The first-order valence-corrected chi connectivity index (χ1v) is 6.06. The molecule has 2 rings (SSSR count). The standard InChI is InChI=1S/C14H21N/c1-4-15-13-7-5-6-12-10(2)8-9-11(3)14(12)13/h8-9,13,15H,4-7H2,1-3H3. The van der Waals surface area contributed by atoms with Crippen LogP contribution in [-0.4, -0.2) is 6.54 Å². The maximum Gasteiger partial charge on any atom is 0.0325 e. The van der Waals surface area contributed by atoms with E-state index in [0.29, 0.717) is 6.04 Å². The summed E-state index contributed by atoms with van der Waals surface area (Å²) in [5, 5.41) is 3.61. The van der Waals surface area contributed by atoms with Crippen LogP contribution in [0, 0.1) is 13.8 Å². The molecule has 82 valence electrons. The molecular formula is C14H21N. The first kappa shape index (κ1) is 10.7. The largest absolute Gasteiger partial charge is 0.310 e. The van der Waals surface area contributed by atoms with E-state index >= 15 is 0 Å². The lowest BCUT2D eigenvalue weighted by Crippen LogP contribution is -2.26. The minimum atomic E-state index is 0.596. The van der Waals surface area contributed by atoms with Crippen molar-refractivity contribution in [2.45, 2.75) is 46.1 Å². The predicted octanol–water partition coefficient (Wildman–Crippen LogP) is 3.29. The molecule has 0 saturated heterocycles. The average Bonchev–Trinajstić information content (AvgIpc) is 2.24. The third-order valence-corrected chi connectivity index (χ3v) is 3.53. The van der Waals surface area contributed by atoms with Gasteiger partial charge in [-0.05, 0) is 61.9 Å². The summed E-state index contributed by atoms with van der Waals surface area (Å²) in [7, 11) is 0. The quantitative estimate of drug-likeness (QED) is 0.777. The minimum Gasteiger partial charge on any atom is -0.310 e. The van der Waals surface area contributed by atoms with Crippen molar-refractivity contribution in [2.24, 2.45) is 0 Å². The molecule has 0 spiro atoms. The maximum atomic E-state index is 3.61. The lowest BCUT2D eigenvalue weighted by atomic mass is 9.82. The Hall–Kier alpha value is -0.820. The van der Waals surface area contributed by atoms with Crippen molar-refractivity contribution < 1.29 is 0 Å². The van der Waals surface area contributed by atoms with Gasteiger partial charge in [-0.25, -0.2) is 0 Å². The number of hydrogen-bond acceptors (Lipinski definition) is 1. The number of nitrogens with one attached hydrogen (secondary N) is 1. The van der Waals surface area contributed by atoms with Gasteiger partial charge >= 0.3 is 0 Å². The molecule has 0 fully saturated rings. The van der Waals surface area contributed by atoms with Crippen LogP contribution in [-0.2, 0) is 6.42 Å². The highest BCUT2D eigenvalue weighted by molar-refractivity contribution is 5.43. The Bertz CT molecular complexity index is 355. The zero-order valence-electron chi connectivity index (χ0n) is 10.1. The first-order valence-electron chi connectivity index (χ1n) is 6.06. The average molecular weight is 203 g/mol. The molecule has 1 aromatic rings. The van der Waals surface area contributed by atoms with E-state index in [1.807, 2.05) is 0 Å². The molecule has 15 heavy (non-hydrogen) atoms. The Morgan fingerprint density at radius 2 is 2.00 bits per heavy atom. The van der Waals surface area contributed by atoms with E-state index in [0.717, 1.165) is 6.54 Å². The molecule has 1 unspecified atom stereocenters. The van der Waals surface area contributed by atoms with E-state index < -0.39 is 0 Å². The molecule has 0 aromatic heterocycles. The highest BCUT2D eigenvalue weighted by Crippen LogP contribution is 2.33. The van der Waals surface area contributed by atoms with Crippen LogP contribution in [0.5, 0.6) is 0 Å². The normalized spacial score (nSPS) is 20.1. The number of aryl methyl sites for hydroxylation is 2. The van der Waals surface area contributed by atoms with Crippen molar-refractivity contribution in [3.05, 3.63) is 34.4 Å². The Labute approximate surface area is 92.9 Å². The molecule has 0 saturated carbocycles. The molecule has 1 aliphatic carbocycles. The van der Waals surface area contributed by atoms with Crippen molar-refractivity contribution in [2.75, 3.05) is 6.54 Å². The SMILES string of the molecule is CCNC1CCCc2c(C)ccc(C)c21. The van der Waals surface area contributed by atoms with E-state index in [4.69, 9.17) is 0 Å². The highest BCUT2D eigenvalue weighted by atomic mass is 14.9. The van der Waals surface area contributed by atoms with E-state index in [1.54, 1.807) is 11.1 Å². The van der Waals surface area contributed by atoms with Crippen molar-refractivity contribution in [1.82, 2.24) is 5.32 Å². The molecular weight excluding hydrogens is 182 g/mol.